The quantitative estimate of drug-likeness (QED) is 0.312. The van der Waals surface area contributed by atoms with Crippen LogP contribution in [0.2, 0.25) is 0 Å². The van der Waals surface area contributed by atoms with Crippen LogP contribution in [0.3, 0.4) is 0 Å². The Morgan fingerprint density at radius 3 is 1.22 bits per heavy atom. The molecule has 0 atom stereocenters. The second-order valence-corrected chi connectivity index (χ2v) is 10.7. The lowest BCUT2D eigenvalue weighted by Crippen LogP contribution is -2.10. The minimum atomic E-state index is 0.147. The summed E-state index contributed by atoms with van der Waals surface area (Å²) in [5, 5.41) is 0. The summed E-state index contributed by atoms with van der Waals surface area (Å²) < 4.78 is 0. The van der Waals surface area contributed by atoms with E-state index in [0.717, 1.165) is 11.1 Å². The Morgan fingerprint density at radius 1 is 0.438 bits per heavy atom. The van der Waals surface area contributed by atoms with Crippen molar-refractivity contribution in [2.75, 3.05) is 0 Å². The maximum Gasteiger partial charge on any atom is -0.00139 e. The molecule has 4 aromatic rings. The molecule has 0 saturated heterocycles. The summed E-state index contributed by atoms with van der Waals surface area (Å²) in [4.78, 5) is 0. The van der Waals surface area contributed by atoms with Crippen molar-refractivity contribution >= 4 is 0 Å². The highest BCUT2D eigenvalue weighted by Gasteiger charge is 2.15. The highest BCUT2D eigenvalue weighted by atomic mass is 14.2. The lowest BCUT2D eigenvalue weighted by atomic mass is 9.85. The summed E-state index contributed by atoms with van der Waals surface area (Å²) in [6, 6.07) is 36.7. The van der Waals surface area contributed by atoms with E-state index in [0.29, 0.717) is 0 Å². The van der Waals surface area contributed by atoms with Crippen LogP contribution in [0, 0.1) is 6.07 Å². The van der Waals surface area contributed by atoms with Crippen molar-refractivity contribution in [3.63, 3.8) is 0 Å². The van der Waals surface area contributed by atoms with Crippen LogP contribution in [0.15, 0.2) is 91.0 Å². The minimum Gasteiger partial charge on any atom is -0.0622 e. The minimum absolute atomic E-state index is 0.147. The van der Waals surface area contributed by atoms with Crippen molar-refractivity contribution in [1.82, 2.24) is 0 Å². The normalized spacial score (nSPS) is 12.1. The first-order valence-electron chi connectivity index (χ1n) is 11.5. The van der Waals surface area contributed by atoms with Gasteiger partial charge in [-0.3, -0.25) is 0 Å². The molecule has 4 rings (SSSR count). The molecule has 161 valence electrons. The number of benzene rings is 4. The molecule has 0 unspecified atom stereocenters. The SMILES string of the molecule is CC(C)(C)c1ccc(-c2[c]c(-c3ccc(C(C)(C)C)cc3)cc(-c3ccccc3)c2)cc1. The molecule has 0 aromatic heterocycles. The molecular weight excluding hydrogens is 384 g/mol. The number of hydrogen-bond donors (Lipinski definition) is 0. The molecule has 1 radical (unpaired) electrons. The summed E-state index contributed by atoms with van der Waals surface area (Å²) in [5.41, 5.74) is 10.1. The van der Waals surface area contributed by atoms with Gasteiger partial charge in [-0.15, -0.1) is 0 Å². The molecule has 0 heterocycles. The molecule has 4 aromatic carbocycles. The van der Waals surface area contributed by atoms with E-state index in [-0.39, 0.29) is 10.8 Å². The maximum atomic E-state index is 3.70. The zero-order chi connectivity index (χ0) is 22.9. The third-order valence-corrected chi connectivity index (χ3v) is 6.10. The third-order valence-electron chi connectivity index (χ3n) is 6.10. The van der Waals surface area contributed by atoms with E-state index >= 15 is 0 Å². The summed E-state index contributed by atoms with van der Waals surface area (Å²) in [6.07, 6.45) is 0. The van der Waals surface area contributed by atoms with Crippen LogP contribution in [0.4, 0.5) is 0 Å². The fourth-order valence-electron chi connectivity index (χ4n) is 3.98. The smallest absolute Gasteiger partial charge is 0.00139 e. The fourth-order valence-corrected chi connectivity index (χ4v) is 3.98. The summed E-state index contributed by atoms with van der Waals surface area (Å²) in [7, 11) is 0. The van der Waals surface area contributed by atoms with Gasteiger partial charge in [-0.05, 0) is 73.5 Å². The molecular formula is C32H33. The predicted molar refractivity (Wildman–Crippen MR) is 139 cm³/mol. The van der Waals surface area contributed by atoms with Gasteiger partial charge < -0.3 is 0 Å². The van der Waals surface area contributed by atoms with Crippen LogP contribution in [-0.2, 0) is 10.8 Å². The molecule has 0 N–H and O–H groups in total. The van der Waals surface area contributed by atoms with Gasteiger partial charge in [0.25, 0.3) is 0 Å². The average Bonchev–Trinajstić information content (AvgIpc) is 2.78. The van der Waals surface area contributed by atoms with Crippen molar-refractivity contribution in [1.29, 1.82) is 0 Å². The van der Waals surface area contributed by atoms with E-state index in [2.05, 4.69) is 139 Å². The van der Waals surface area contributed by atoms with Crippen LogP contribution in [-0.4, -0.2) is 0 Å². The van der Waals surface area contributed by atoms with E-state index in [1.54, 1.807) is 0 Å². The van der Waals surface area contributed by atoms with Gasteiger partial charge in [-0.1, -0.05) is 120 Å². The lowest BCUT2D eigenvalue weighted by Gasteiger charge is -2.20. The Hall–Kier alpha value is -3.12. The second kappa shape index (κ2) is 8.43. The first-order valence-corrected chi connectivity index (χ1v) is 11.5. The molecule has 0 bridgehead atoms. The van der Waals surface area contributed by atoms with Crippen LogP contribution in [0.1, 0.15) is 52.7 Å². The molecule has 32 heavy (non-hydrogen) atoms. The lowest BCUT2D eigenvalue weighted by molar-refractivity contribution is 0.590. The van der Waals surface area contributed by atoms with Gasteiger partial charge in [0.2, 0.25) is 0 Å². The molecule has 0 aliphatic carbocycles. The van der Waals surface area contributed by atoms with E-state index in [4.69, 9.17) is 0 Å². The van der Waals surface area contributed by atoms with Gasteiger partial charge in [-0.25, -0.2) is 0 Å². The van der Waals surface area contributed by atoms with E-state index < -0.39 is 0 Å². The molecule has 0 nitrogen and oxygen atoms in total. The molecule has 0 fully saturated rings. The van der Waals surface area contributed by atoms with Crippen molar-refractivity contribution in [2.45, 2.75) is 52.4 Å². The first kappa shape index (κ1) is 22.1. The van der Waals surface area contributed by atoms with Gasteiger partial charge in [0.1, 0.15) is 0 Å². The van der Waals surface area contributed by atoms with Gasteiger partial charge >= 0.3 is 0 Å². The Balaban J connectivity index is 1.82. The van der Waals surface area contributed by atoms with Gasteiger partial charge in [-0.2, -0.15) is 0 Å². The van der Waals surface area contributed by atoms with E-state index in [9.17, 15) is 0 Å². The van der Waals surface area contributed by atoms with Gasteiger partial charge in [0, 0.05) is 0 Å². The Kier molecular flexibility index (Phi) is 5.82. The van der Waals surface area contributed by atoms with Crippen molar-refractivity contribution in [2.24, 2.45) is 0 Å². The van der Waals surface area contributed by atoms with Crippen LogP contribution < -0.4 is 0 Å². The number of hydrogen-bond acceptors (Lipinski definition) is 0. The standard InChI is InChI=1S/C32H33/c1-31(2,3)29-16-12-24(13-17-29)27-20-26(23-10-8-7-9-11-23)21-28(22-27)25-14-18-30(19-15-25)32(4,5)6/h7-21H,1-6H3. The Labute approximate surface area is 194 Å². The topological polar surface area (TPSA) is 0 Å². The largest absolute Gasteiger partial charge is 0.0622 e. The average molecular weight is 418 g/mol. The third kappa shape index (κ3) is 4.86. The maximum absolute atomic E-state index is 3.70. The fraction of sp³-hybridized carbons (Fsp3) is 0.250. The van der Waals surface area contributed by atoms with Crippen molar-refractivity contribution in [3.8, 4) is 33.4 Å². The highest BCUT2D eigenvalue weighted by Crippen LogP contribution is 2.34. The molecule has 0 aliphatic rings. The van der Waals surface area contributed by atoms with Gasteiger partial charge in [0.05, 0.1) is 0 Å². The van der Waals surface area contributed by atoms with Crippen LogP contribution in [0.5, 0.6) is 0 Å². The summed E-state index contributed by atoms with van der Waals surface area (Å²) >= 11 is 0. The molecule has 0 amide bonds. The molecule has 0 saturated carbocycles. The zero-order valence-electron chi connectivity index (χ0n) is 20.2. The molecule has 0 heteroatoms. The first-order chi connectivity index (χ1) is 15.1. The van der Waals surface area contributed by atoms with Crippen LogP contribution in [0.25, 0.3) is 33.4 Å². The Morgan fingerprint density at radius 2 is 0.844 bits per heavy atom. The highest BCUT2D eigenvalue weighted by molar-refractivity contribution is 5.80. The predicted octanol–water partition coefficient (Wildman–Crippen LogP) is 9.08. The second-order valence-electron chi connectivity index (χ2n) is 10.7. The zero-order valence-corrected chi connectivity index (χ0v) is 20.2. The molecule has 0 spiro atoms. The van der Waals surface area contributed by atoms with Crippen LogP contribution >= 0.6 is 0 Å². The summed E-state index contributed by atoms with van der Waals surface area (Å²) in [6.45, 7) is 13.5. The van der Waals surface area contributed by atoms with E-state index in [1.165, 1.54) is 33.4 Å². The van der Waals surface area contributed by atoms with E-state index in [1.807, 2.05) is 0 Å². The summed E-state index contributed by atoms with van der Waals surface area (Å²) in [5.74, 6) is 0. The monoisotopic (exact) mass is 417 g/mol. The van der Waals surface area contributed by atoms with Crippen molar-refractivity contribution < 1.29 is 0 Å². The molecule has 0 aliphatic heterocycles. The Bertz CT molecular complexity index is 1100. The van der Waals surface area contributed by atoms with Crippen molar-refractivity contribution in [3.05, 3.63) is 108 Å². The number of rotatable bonds is 3. The van der Waals surface area contributed by atoms with Gasteiger partial charge in [0.15, 0.2) is 0 Å².